The second kappa shape index (κ2) is 8.39. The molecule has 27 heavy (non-hydrogen) atoms. The normalized spacial score (nSPS) is 11.3. The molecule has 0 saturated heterocycles. The van der Waals surface area contributed by atoms with E-state index in [0.29, 0.717) is 23.8 Å². The number of ether oxygens (including phenoxy) is 1. The van der Waals surface area contributed by atoms with Gasteiger partial charge >= 0.3 is 0 Å². The van der Waals surface area contributed by atoms with Crippen molar-refractivity contribution in [1.29, 1.82) is 0 Å². The Labute approximate surface area is 169 Å². The molecular formula is C20H18N2O2S3. The van der Waals surface area contributed by atoms with Crippen LogP contribution in [0.25, 0.3) is 26.3 Å². The van der Waals surface area contributed by atoms with Crippen molar-refractivity contribution in [2.75, 3.05) is 19.0 Å². The van der Waals surface area contributed by atoms with Gasteiger partial charge in [-0.3, -0.25) is 9.36 Å². The van der Waals surface area contributed by atoms with Gasteiger partial charge in [0.2, 0.25) is 0 Å². The molecule has 0 radical (unpaired) electrons. The van der Waals surface area contributed by atoms with Crippen LogP contribution in [0.2, 0.25) is 0 Å². The van der Waals surface area contributed by atoms with Gasteiger partial charge in [-0.1, -0.05) is 36.0 Å². The molecule has 0 amide bonds. The number of aromatic nitrogens is 2. The van der Waals surface area contributed by atoms with Crippen LogP contribution in [0.4, 0.5) is 0 Å². The number of hydrogen-bond acceptors (Lipinski definition) is 6. The molecule has 3 heterocycles. The largest absolute Gasteiger partial charge is 0.381 e. The maximum absolute atomic E-state index is 13.5. The van der Waals surface area contributed by atoms with Gasteiger partial charge in [-0.05, 0) is 30.5 Å². The molecule has 0 bridgehead atoms. The number of fused-ring (bicyclic) bond motifs is 1. The van der Waals surface area contributed by atoms with Crippen LogP contribution in [0.3, 0.4) is 0 Å². The molecular weight excluding hydrogens is 396 g/mol. The SMILES string of the molecule is CCOCCSc1nc2scc(-c3cccs3)c2c(=O)n1-c1ccccc1. The first-order valence-electron chi connectivity index (χ1n) is 8.63. The zero-order valence-electron chi connectivity index (χ0n) is 14.8. The van der Waals surface area contributed by atoms with E-state index in [1.807, 2.05) is 60.1 Å². The van der Waals surface area contributed by atoms with Crippen molar-refractivity contribution in [1.82, 2.24) is 9.55 Å². The molecule has 1 aromatic carbocycles. The van der Waals surface area contributed by atoms with Crippen LogP contribution in [-0.2, 0) is 4.74 Å². The van der Waals surface area contributed by atoms with Gasteiger partial charge in [0.25, 0.3) is 5.56 Å². The van der Waals surface area contributed by atoms with E-state index >= 15 is 0 Å². The first-order chi connectivity index (χ1) is 13.3. The summed E-state index contributed by atoms with van der Waals surface area (Å²) in [7, 11) is 0. The Balaban J connectivity index is 1.88. The highest BCUT2D eigenvalue weighted by Crippen LogP contribution is 2.35. The van der Waals surface area contributed by atoms with Crippen molar-refractivity contribution in [2.45, 2.75) is 12.1 Å². The lowest BCUT2D eigenvalue weighted by Crippen LogP contribution is -2.21. The second-order valence-electron chi connectivity index (χ2n) is 5.72. The number of thiophene rings is 2. The zero-order valence-corrected chi connectivity index (χ0v) is 17.2. The lowest BCUT2D eigenvalue weighted by atomic mass is 10.2. The van der Waals surface area contributed by atoms with Crippen LogP contribution in [0.1, 0.15) is 6.92 Å². The van der Waals surface area contributed by atoms with E-state index in [9.17, 15) is 4.79 Å². The summed E-state index contributed by atoms with van der Waals surface area (Å²) in [4.78, 5) is 20.2. The van der Waals surface area contributed by atoms with Gasteiger partial charge in [0.1, 0.15) is 4.83 Å². The van der Waals surface area contributed by atoms with Gasteiger partial charge in [-0.15, -0.1) is 22.7 Å². The summed E-state index contributed by atoms with van der Waals surface area (Å²) in [6, 6.07) is 13.8. The smallest absolute Gasteiger partial charge is 0.268 e. The molecule has 4 aromatic rings. The maximum Gasteiger partial charge on any atom is 0.268 e. The summed E-state index contributed by atoms with van der Waals surface area (Å²) in [5.74, 6) is 0.752. The first-order valence-corrected chi connectivity index (χ1v) is 11.4. The third-order valence-corrected chi connectivity index (χ3v) is 6.72. The van der Waals surface area contributed by atoms with Gasteiger partial charge in [0.15, 0.2) is 5.16 Å². The van der Waals surface area contributed by atoms with E-state index in [1.165, 1.54) is 11.3 Å². The van der Waals surface area contributed by atoms with Gasteiger partial charge in [0.05, 0.1) is 17.7 Å². The highest BCUT2D eigenvalue weighted by Gasteiger charge is 2.18. The van der Waals surface area contributed by atoms with Crippen molar-refractivity contribution in [3.8, 4) is 16.1 Å². The molecule has 4 rings (SSSR count). The van der Waals surface area contributed by atoms with E-state index in [2.05, 4.69) is 0 Å². The van der Waals surface area contributed by atoms with Gasteiger partial charge < -0.3 is 4.74 Å². The standard InChI is InChI=1S/C20H18N2O2S3/c1-2-24-10-12-26-20-21-18-17(15(13-27-18)16-9-6-11-25-16)19(23)22(20)14-7-4-3-5-8-14/h3-9,11,13H,2,10,12H2,1H3. The summed E-state index contributed by atoms with van der Waals surface area (Å²) in [5.41, 5.74) is 1.78. The number of hydrogen-bond donors (Lipinski definition) is 0. The summed E-state index contributed by atoms with van der Waals surface area (Å²) in [6.07, 6.45) is 0. The lowest BCUT2D eigenvalue weighted by Gasteiger charge is -2.12. The summed E-state index contributed by atoms with van der Waals surface area (Å²) in [5, 5.41) is 5.47. The molecule has 0 aliphatic carbocycles. The predicted octanol–water partition coefficient (Wildman–Crippen LogP) is 5.30. The van der Waals surface area contributed by atoms with Crippen molar-refractivity contribution >= 4 is 44.7 Å². The van der Waals surface area contributed by atoms with Gasteiger partial charge in [-0.25, -0.2) is 4.98 Å². The zero-order chi connectivity index (χ0) is 18.6. The highest BCUT2D eigenvalue weighted by molar-refractivity contribution is 7.99. The van der Waals surface area contributed by atoms with Crippen molar-refractivity contribution < 1.29 is 4.74 Å². The van der Waals surface area contributed by atoms with Crippen molar-refractivity contribution in [2.24, 2.45) is 0 Å². The summed E-state index contributed by atoms with van der Waals surface area (Å²) in [6.45, 7) is 3.30. The van der Waals surface area contributed by atoms with Gasteiger partial charge in [-0.2, -0.15) is 0 Å². The molecule has 0 spiro atoms. The average Bonchev–Trinajstić information content (AvgIpc) is 3.35. The average molecular weight is 415 g/mol. The Morgan fingerprint density at radius 3 is 2.74 bits per heavy atom. The number of rotatable bonds is 7. The summed E-state index contributed by atoms with van der Waals surface area (Å²) < 4.78 is 7.16. The Hall–Kier alpha value is -1.93. The Kier molecular flexibility index (Phi) is 5.73. The molecule has 0 aliphatic heterocycles. The van der Waals surface area contributed by atoms with Crippen LogP contribution in [0, 0.1) is 0 Å². The third kappa shape index (κ3) is 3.73. The number of nitrogens with zero attached hydrogens (tertiary/aromatic N) is 2. The Morgan fingerprint density at radius 2 is 2.00 bits per heavy atom. The minimum Gasteiger partial charge on any atom is -0.381 e. The fourth-order valence-corrected chi connectivity index (χ4v) is 5.49. The van der Waals surface area contributed by atoms with E-state index in [-0.39, 0.29) is 5.56 Å². The number of benzene rings is 1. The predicted molar refractivity (Wildman–Crippen MR) is 116 cm³/mol. The number of thioether (sulfide) groups is 1. The molecule has 0 unspecified atom stereocenters. The second-order valence-corrected chi connectivity index (χ2v) is 8.59. The molecule has 0 aliphatic rings. The Morgan fingerprint density at radius 1 is 1.15 bits per heavy atom. The molecule has 0 atom stereocenters. The fraction of sp³-hybridized carbons (Fsp3) is 0.200. The first kappa shape index (κ1) is 18.4. The van der Waals surface area contributed by atoms with E-state index in [0.717, 1.165) is 26.7 Å². The van der Waals surface area contributed by atoms with Crippen LogP contribution in [-0.4, -0.2) is 28.5 Å². The quantitative estimate of drug-likeness (QED) is 0.234. The van der Waals surface area contributed by atoms with Crippen LogP contribution in [0.15, 0.2) is 63.2 Å². The Bertz CT molecular complexity index is 1090. The lowest BCUT2D eigenvalue weighted by molar-refractivity contribution is 0.164. The molecule has 0 N–H and O–H groups in total. The topological polar surface area (TPSA) is 44.1 Å². The molecule has 3 aromatic heterocycles. The highest BCUT2D eigenvalue weighted by atomic mass is 32.2. The van der Waals surface area contributed by atoms with Crippen LogP contribution in [0.5, 0.6) is 0 Å². The van der Waals surface area contributed by atoms with Crippen molar-refractivity contribution in [3.05, 3.63) is 63.6 Å². The van der Waals surface area contributed by atoms with Crippen LogP contribution < -0.4 is 5.56 Å². The van der Waals surface area contributed by atoms with Gasteiger partial charge in [0, 0.05) is 28.2 Å². The van der Waals surface area contributed by atoms with E-state index in [4.69, 9.17) is 9.72 Å². The number of para-hydroxylation sites is 1. The molecule has 7 heteroatoms. The minimum atomic E-state index is -0.0187. The molecule has 0 saturated carbocycles. The molecule has 138 valence electrons. The third-order valence-electron chi connectivity index (χ3n) is 4.04. The molecule has 4 nitrogen and oxygen atoms in total. The van der Waals surface area contributed by atoms with E-state index in [1.54, 1.807) is 27.7 Å². The van der Waals surface area contributed by atoms with Crippen LogP contribution >= 0.6 is 34.4 Å². The molecule has 0 fully saturated rings. The summed E-state index contributed by atoms with van der Waals surface area (Å²) >= 11 is 4.72. The van der Waals surface area contributed by atoms with Crippen molar-refractivity contribution in [3.63, 3.8) is 0 Å². The minimum absolute atomic E-state index is 0.0187. The maximum atomic E-state index is 13.5. The van der Waals surface area contributed by atoms with E-state index < -0.39 is 0 Å². The monoisotopic (exact) mass is 414 g/mol. The fourth-order valence-electron chi connectivity index (χ4n) is 2.82.